The summed E-state index contributed by atoms with van der Waals surface area (Å²) in [6.07, 6.45) is 13.7. The molecule has 10 aliphatic rings. The van der Waals surface area contributed by atoms with Crippen molar-refractivity contribution in [1.29, 1.82) is 0 Å². The molecule has 0 atom stereocenters. The summed E-state index contributed by atoms with van der Waals surface area (Å²) < 4.78 is 45.1. The Balaban J connectivity index is 0.0000000994. The van der Waals surface area contributed by atoms with Gasteiger partial charge in [-0.2, -0.15) is 0 Å². The largest absolute Gasteiger partial charge is 0.481 e. The van der Waals surface area contributed by atoms with E-state index < -0.39 is 0 Å². The molecule has 0 unspecified atom stereocenters. The lowest BCUT2D eigenvalue weighted by atomic mass is 9.50. The fraction of sp³-hybridized carbons (Fsp3) is 0.233. The second-order valence-corrected chi connectivity index (χ2v) is 47.4. The van der Waals surface area contributed by atoms with Crippen LogP contribution in [0, 0.1) is 82.0 Å². The fourth-order valence-corrected chi connectivity index (χ4v) is 35.4. The lowest BCUT2D eigenvalue weighted by Crippen LogP contribution is -2.58. The molecule has 0 amide bonds. The Kier molecular flexibility index (Phi) is 24.1. The van der Waals surface area contributed by atoms with Crippen LogP contribution in [-0.4, -0.2) is 31.1 Å². The predicted octanol–water partition coefficient (Wildman–Crippen LogP) is 32.2. The lowest BCUT2D eigenvalue weighted by Gasteiger charge is -2.59. The minimum atomic E-state index is -0.313. The van der Waals surface area contributed by atoms with E-state index in [0.29, 0.717) is 24.7 Å². The Morgan fingerprint density at radius 1 is 0.323 bits per heavy atom. The van der Waals surface area contributed by atoms with Gasteiger partial charge in [0.2, 0.25) is 25.0 Å². The molecular formula is C120H109O8S5+5. The summed E-state index contributed by atoms with van der Waals surface area (Å²) in [4.78, 5) is 37.4. The molecular weight excluding hydrogens is 1730 g/mol. The van der Waals surface area contributed by atoms with Crippen LogP contribution < -0.4 is 24.4 Å². The van der Waals surface area contributed by atoms with Crippen LogP contribution in [0.2, 0.25) is 0 Å². The van der Waals surface area contributed by atoms with Crippen molar-refractivity contribution in [3.8, 4) is 49.2 Å². The van der Waals surface area contributed by atoms with Crippen molar-refractivity contribution in [3.63, 3.8) is 0 Å². The highest BCUT2D eigenvalue weighted by molar-refractivity contribution is 7.97. The molecule has 8 nitrogen and oxygen atoms in total. The van der Waals surface area contributed by atoms with Crippen LogP contribution in [0.3, 0.4) is 0 Å². The van der Waals surface area contributed by atoms with Crippen LogP contribution in [0.25, 0.3) is 75.2 Å². The zero-order valence-electron chi connectivity index (χ0n) is 76.0. The van der Waals surface area contributed by atoms with Gasteiger partial charge >= 0.3 is 5.97 Å². The van der Waals surface area contributed by atoms with E-state index >= 15 is 0 Å². The van der Waals surface area contributed by atoms with E-state index in [-0.39, 0.29) is 76.8 Å². The predicted molar refractivity (Wildman–Crippen MR) is 553 cm³/mol. The minimum Gasteiger partial charge on any atom is -0.481 e. The van der Waals surface area contributed by atoms with Gasteiger partial charge in [0.05, 0.1) is 16.9 Å². The summed E-state index contributed by atoms with van der Waals surface area (Å²) in [6, 6.07) is 124. The molecule has 8 bridgehead atoms. The van der Waals surface area contributed by atoms with E-state index in [1.54, 1.807) is 0 Å². The zero-order valence-corrected chi connectivity index (χ0v) is 80.1. The summed E-state index contributed by atoms with van der Waals surface area (Å²) >= 11 is 0. The van der Waals surface area contributed by atoms with E-state index in [2.05, 4.69) is 315 Å². The number of benzene rings is 15. The van der Waals surface area contributed by atoms with Crippen LogP contribution >= 0.6 is 31.4 Å². The molecule has 133 heavy (non-hydrogen) atoms. The fourth-order valence-electron chi connectivity index (χ4n) is 23.5. The topological polar surface area (TPSA) is 89.5 Å². The molecule has 8 saturated carbocycles. The standard InChI is InChI=1S/C33H35O3S.C31H33O2S.C19H15OS.C19H13OS.C18H13OS/c1-20-12-26(37-29-10-6-4-8-27(29)28-9-5-7-11-30(28)37)13-21(2)32(20)35-19-31(34)36-33(3)24-15-22-14-23(17-24)18-25(33)16-22;1-19-11-25(34-28-9-5-3-7-26(28)27-8-4-6-10-29(27)34)12-20(2)30(19)32-18-33-31-23-14-21-13-22(16-23)17-24(31)15-21;1-14-10-12-15(13-11-14)21-18-8-4-2-6-16(18)20-17-7-3-5-9-19(17)21;20-19-15-10-4-6-12-17(15)21(14-8-2-1-3-9-14)18-13-7-5-11-16(18)19;1-2-8-14(9-3-1)20-17-12-6-4-10-15(17)19-16-11-5-7-13-18(16)20/h4-13,22-25H,14-19H2,1-3H3;3-12,21-24,31H,13-18H2,1-2H3;2-13H,1H3;1-13H;1-13H/q5*+1. The molecule has 662 valence electrons. The number of ether oxygens (including phenoxy) is 6. The molecule has 0 radical (unpaired) electrons. The smallest absolute Gasteiger partial charge is 0.344 e. The monoisotopic (exact) mass is 1840 g/mol. The Morgan fingerprint density at radius 2 is 0.624 bits per heavy atom. The van der Waals surface area contributed by atoms with Gasteiger partial charge < -0.3 is 28.4 Å². The van der Waals surface area contributed by atoms with Crippen molar-refractivity contribution in [2.45, 2.75) is 147 Å². The molecule has 3 aromatic heterocycles. The molecule has 15 aromatic carbocycles. The number of carbonyl (C=O) groups excluding carboxylic acids is 1. The maximum absolute atomic E-state index is 13.0. The number of thiophene rings is 2. The Hall–Kier alpha value is -12.0. The first-order valence-electron chi connectivity index (χ1n) is 47.2. The number of fused-ring (bicyclic) bond motifs is 12. The maximum Gasteiger partial charge on any atom is 0.344 e. The average molecular weight is 1840 g/mol. The van der Waals surface area contributed by atoms with Crippen molar-refractivity contribution < 1.29 is 33.2 Å². The molecule has 0 spiro atoms. The summed E-state index contributed by atoms with van der Waals surface area (Å²) in [7, 11) is -0.584. The normalized spacial score (nSPS) is 20.7. The van der Waals surface area contributed by atoms with Crippen molar-refractivity contribution in [2.75, 3.05) is 13.4 Å². The van der Waals surface area contributed by atoms with Crippen molar-refractivity contribution in [2.24, 2.45) is 47.3 Å². The minimum absolute atomic E-state index is 0.0275. The van der Waals surface area contributed by atoms with Crippen LogP contribution in [0.15, 0.2) is 386 Å². The number of para-hydroxylation sites is 4. The Bertz CT molecular complexity index is 7120. The maximum atomic E-state index is 13.0. The first kappa shape index (κ1) is 86.4. The number of carbonyl (C=O) groups is 1. The number of esters is 1. The van der Waals surface area contributed by atoms with Crippen LogP contribution in [0.5, 0.6) is 34.5 Å². The molecule has 28 rings (SSSR count). The average Bonchev–Trinajstić information content (AvgIpc) is 1.70. The van der Waals surface area contributed by atoms with E-state index in [4.69, 9.17) is 28.4 Å². The molecule has 8 fully saturated rings. The first-order valence-corrected chi connectivity index (χ1v) is 53.3. The summed E-state index contributed by atoms with van der Waals surface area (Å²) in [5, 5.41) is 7.09. The number of hydrogen-bond donors (Lipinski definition) is 0. The second kappa shape index (κ2) is 37.1. The molecule has 0 saturated heterocycles. The summed E-state index contributed by atoms with van der Waals surface area (Å²) in [5.41, 5.74) is 5.66. The molecule has 0 N–H and O–H groups in total. The van der Waals surface area contributed by atoms with Crippen molar-refractivity contribution in [1.82, 2.24) is 0 Å². The number of rotatable bonds is 13. The third-order valence-corrected chi connectivity index (χ3v) is 40.5. The second-order valence-electron chi connectivity index (χ2n) is 37.6. The highest BCUT2D eigenvalue weighted by Crippen LogP contribution is 2.61. The van der Waals surface area contributed by atoms with E-state index in [0.717, 1.165) is 101 Å². The third kappa shape index (κ3) is 16.7. The van der Waals surface area contributed by atoms with Gasteiger partial charge in [0.1, 0.15) is 38.9 Å². The van der Waals surface area contributed by atoms with Gasteiger partial charge in [-0.1, -0.05) is 175 Å². The molecule has 5 heterocycles. The number of aryl methyl sites for hydroxylation is 5. The third-order valence-electron chi connectivity index (χ3n) is 29.0. The van der Waals surface area contributed by atoms with Crippen molar-refractivity contribution in [3.05, 3.63) is 390 Å². The highest BCUT2D eigenvalue weighted by Gasteiger charge is 2.57. The molecule has 2 aliphatic heterocycles. The molecule has 8 aliphatic carbocycles. The SMILES string of the molecule is Cc1cc(-[s+]2c3ccccc3c3ccccc32)cc(C)c1OCC(=O)OC1(C)C2CC3CC(C2)CC1C3.Cc1cc(-[s+]2c3ccccc3c3ccccc32)cc(C)c1OCOC1C2CC3CC(C2)CC1C3.Cc1ccc([S+]2c3ccccc3Oc3ccccc32)cc1.O=c1c2ccccc2[s+](-c2ccccc2)c2ccccc12.c1ccc([S+]2c3ccccc3Oc3ccccc32)cc1. The van der Waals surface area contributed by atoms with E-state index in [1.807, 2.05) is 78.9 Å². The van der Waals surface area contributed by atoms with Gasteiger partial charge in [-0.15, -0.1) is 0 Å². The van der Waals surface area contributed by atoms with Gasteiger partial charge in [-0.05, 0) is 333 Å². The zero-order chi connectivity index (χ0) is 90.0. The van der Waals surface area contributed by atoms with Gasteiger partial charge in [0, 0.05) is 77.2 Å². The number of hydrogen-bond acceptors (Lipinski definition) is 8. The van der Waals surface area contributed by atoms with E-state index in [1.165, 1.54) is 165 Å². The van der Waals surface area contributed by atoms with Gasteiger partial charge in [-0.3, -0.25) is 4.79 Å². The molecule has 13 heteroatoms. The van der Waals surface area contributed by atoms with Crippen LogP contribution in [0.4, 0.5) is 0 Å². The first-order chi connectivity index (χ1) is 65.2. The Morgan fingerprint density at radius 3 is 1.01 bits per heavy atom. The lowest BCUT2D eigenvalue weighted by molar-refractivity contribution is -0.204. The molecule has 18 aromatic rings. The van der Waals surface area contributed by atoms with Crippen LogP contribution in [0.1, 0.15) is 98.9 Å². The summed E-state index contributed by atoms with van der Waals surface area (Å²) in [6.45, 7) is 13.2. The van der Waals surface area contributed by atoms with Gasteiger partial charge in [0.25, 0.3) is 0 Å². The van der Waals surface area contributed by atoms with Crippen molar-refractivity contribution >= 4 is 120 Å². The quantitative estimate of drug-likeness (QED) is 0.0488. The van der Waals surface area contributed by atoms with Gasteiger partial charge in [-0.25, -0.2) is 4.79 Å². The van der Waals surface area contributed by atoms with Gasteiger partial charge in [0.15, 0.2) is 89.1 Å². The van der Waals surface area contributed by atoms with Crippen LogP contribution in [-0.2, 0) is 36.1 Å². The van der Waals surface area contributed by atoms with E-state index in [9.17, 15) is 9.59 Å². The highest BCUT2D eigenvalue weighted by atomic mass is 32.2. The summed E-state index contributed by atoms with van der Waals surface area (Å²) in [5.74, 6) is 11.7. The Labute approximate surface area is 793 Å².